The Morgan fingerprint density at radius 1 is 0.975 bits per heavy atom. The highest BCUT2D eigenvalue weighted by Gasteiger charge is 2.51. The lowest BCUT2D eigenvalue weighted by molar-refractivity contribution is -0.118. The molecule has 0 aromatic heterocycles. The molecule has 1 aliphatic carbocycles. The summed E-state index contributed by atoms with van der Waals surface area (Å²) in [6.07, 6.45) is 2.72. The molecule has 3 aromatic rings. The van der Waals surface area contributed by atoms with Crippen molar-refractivity contribution >= 4 is 17.3 Å². The highest BCUT2D eigenvalue weighted by molar-refractivity contribution is 6.02. The van der Waals surface area contributed by atoms with Gasteiger partial charge in [0.25, 0.3) is 0 Å². The van der Waals surface area contributed by atoms with Gasteiger partial charge in [-0.15, -0.1) is 0 Å². The number of anilines is 1. The predicted molar refractivity (Wildman–Crippen MR) is 158 cm³/mol. The van der Waals surface area contributed by atoms with Crippen LogP contribution in [0.1, 0.15) is 36.0 Å². The van der Waals surface area contributed by atoms with Gasteiger partial charge in [-0.05, 0) is 84.8 Å². The van der Waals surface area contributed by atoms with Gasteiger partial charge in [0.15, 0.2) is 11.5 Å². The number of nitrogens with zero attached hydrogens (tertiary/aromatic N) is 1. The van der Waals surface area contributed by atoms with Gasteiger partial charge in [-0.1, -0.05) is 43.0 Å². The molecule has 0 spiro atoms. The summed E-state index contributed by atoms with van der Waals surface area (Å²) < 4.78 is 16.4. The third-order valence-electron chi connectivity index (χ3n) is 8.24. The average molecular weight is 540 g/mol. The Balaban J connectivity index is 1.08. The number of benzene rings is 3. The van der Waals surface area contributed by atoms with Gasteiger partial charge in [0, 0.05) is 31.0 Å². The summed E-state index contributed by atoms with van der Waals surface area (Å²) in [5.74, 6) is 1.47. The van der Waals surface area contributed by atoms with Crippen LogP contribution in [0.2, 0.25) is 0 Å². The number of hydrogen-bond donors (Lipinski definition) is 2. The Kier molecular flexibility index (Phi) is 7.50. The summed E-state index contributed by atoms with van der Waals surface area (Å²) in [6, 6.07) is 20.4. The van der Waals surface area contributed by atoms with Crippen LogP contribution in [0.15, 0.2) is 67.2 Å². The highest BCUT2D eigenvalue weighted by Crippen LogP contribution is 2.51. The fourth-order valence-electron chi connectivity index (χ4n) is 5.55. The molecule has 0 unspecified atom stereocenters. The molecule has 0 atom stereocenters. The van der Waals surface area contributed by atoms with E-state index in [1.807, 2.05) is 24.3 Å². The molecule has 40 heavy (non-hydrogen) atoms. The van der Waals surface area contributed by atoms with E-state index in [1.165, 1.54) is 0 Å². The van der Waals surface area contributed by atoms with E-state index in [-0.39, 0.29) is 12.7 Å². The maximum atomic E-state index is 13.4. The summed E-state index contributed by atoms with van der Waals surface area (Å²) in [6.45, 7) is 12.3. The SMILES string of the molecule is C=C(NCCCN1CCOCC1)c1ccc(-c2cc(NC(=O)C3(c4ccc5c(c4)OCO5)CC3)ccc2C)cc1. The Morgan fingerprint density at radius 2 is 1.75 bits per heavy atom. The third kappa shape index (κ3) is 5.58. The summed E-state index contributed by atoms with van der Waals surface area (Å²) >= 11 is 0. The van der Waals surface area contributed by atoms with Crippen molar-refractivity contribution in [2.45, 2.75) is 31.6 Å². The Bertz CT molecular complexity index is 1390. The summed E-state index contributed by atoms with van der Waals surface area (Å²) in [5.41, 5.74) is 6.64. The fraction of sp³-hybridized carbons (Fsp3) is 0.364. The van der Waals surface area contributed by atoms with E-state index >= 15 is 0 Å². The zero-order valence-electron chi connectivity index (χ0n) is 23.1. The van der Waals surface area contributed by atoms with E-state index in [9.17, 15) is 4.79 Å². The zero-order valence-corrected chi connectivity index (χ0v) is 23.1. The van der Waals surface area contributed by atoms with Gasteiger partial charge < -0.3 is 24.8 Å². The van der Waals surface area contributed by atoms with E-state index in [1.54, 1.807) is 0 Å². The fourth-order valence-corrected chi connectivity index (χ4v) is 5.55. The molecule has 1 saturated heterocycles. The smallest absolute Gasteiger partial charge is 0.235 e. The molecule has 2 fully saturated rings. The molecule has 2 aliphatic heterocycles. The molecule has 208 valence electrons. The number of morpholine rings is 1. The molecular formula is C33H37N3O4. The first-order chi connectivity index (χ1) is 19.5. The first-order valence-corrected chi connectivity index (χ1v) is 14.2. The van der Waals surface area contributed by atoms with Crippen molar-refractivity contribution in [2.24, 2.45) is 0 Å². The maximum absolute atomic E-state index is 13.4. The number of hydrogen-bond acceptors (Lipinski definition) is 6. The van der Waals surface area contributed by atoms with Crippen molar-refractivity contribution in [1.82, 2.24) is 10.2 Å². The van der Waals surface area contributed by atoms with Crippen LogP contribution >= 0.6 is 0 Å². The van der Waals surface area contributed by atoms with Crippen LogP contribution in [0.25, 0.3) is 16.8 Å². The van der Waals surface area contributed by atoms with Gasteiger partial charge in [0.2, 0.25) is 12.7 Å². The number of aryl methyl sites for hydroxylation is 1. The number of carbonyl (C=O) groups is 1. The maximum Gasteiger partial charge on any atom is 0.235 e. The lowest BCUT2D eigenvalue weighted by Crippen LogP contribution is -2.37. The lowest BCUT2D eigenvalue weighted by Gasteiger charge is -2.26. The second-order valence-electron chi connectivity index (χ2n) is 10.9. The highest BCUT2D eigenvalue weighted by atomic mass is 16.7. The lowest BCUT2D eigenvalue weighted by atomic mass is 9.94. The minimum Gasteiger partial charge on any atom is -0.454 e. The van der Waals surface area contributed by atoms with E-state index < -0.39 is 5.41 Å². The zero-order chi connectivity index (χ0) is 27.5. The number of fused-ring (bicyclic) bond motifs is 1. The molecule has 2 N–H and O–H groups in total. The molecule has 1 saturated carbocycles. The van der Waals surface area contributed by atoms with Crippen LogP contribution in [0.3, 0.4) is 0 Å². The molecule has 1 amide bonds. The van der Waals surface area contributed by atoms with Gasteiger partial charge >= 0.3 is 0 Å². The van der Waals surface area contributed by atoms with Crippen LogP contribution in [-0.2, 0) is 14.9 Å². The summed E-state index contributed by atoms with van der Waals surface area (Å²) in [7, 11) is 0. The molecule has 6 rings (SSSR count). The van der Waals surface area contributed by atoms with Crippen molar-refractivity contribution in [3.8, 4) is 22.6 Å². The molecule has 0 radical (unpaired) electrons. The Morgan fingerprint density at radius 3 is 2.52 bits per heavy atom. The minimum absolute atomic E-state index is 0.0208. The van der Waals surface area contributed by atoms with Crippen molar-refractivity contribution in [3.05, 3.63) is 83.9 Å². The van der Waals surface area contributed by atoms with Crippen molar-refractivity contribution in [2.75, 3.05) is 51.5 Å². The van der Waals surface area contributed by atoms with Crippen LogP contribution in [0.4, 0.5) is 5.69 Å². The largest absolute Gasteiger partial charge is 0.454 e. The van der Waals surface area contributed by atoms with Crippen LogP contribution < -0.4 is 20.1 Å². The van der Waals surface area contributed by atoms with Crippen LogP contribution in [-0.4, -0.2) is 57.0 Å². The molecule has 0 bridgehead atoms. The third-order valence-corrected chi connectivity index (χ3v) is 8.24. The molecule has 3 aliphatic rings. The van der Waals surface area contributed by atoms with E-state index in [0.717, 1.165) is 104 Å². The standard InChI is InChI=1S/C33H37N3O4/c1-23-4-10-28(35-32(37)33(12-13-33)27-9-11-30-31(20-27)40-22-39-30)21-29(23)26-7-5-25(6-8-26)24(2)34-14-3-15-36-16-18-38-19-17-36/h4-11,20-21,34H,2-3,12-19,22H2,1H3,(H,35,37). The second-order valence-corrected chi connectivity index (χ2v) is 10.9. The average Bonchev–Trinajstić information content (AvgIpc) is 3.67. The van der Waals surface area contributed by atoms with Crippen molar-refractivity contribution < 1.29 is 19.0 Å². The minimum atomic E-state index is -0.511. The summed E-state index contributed by atoms with van der Waals surface area (Å²) in [4.78, 5) is 15.9. The van der Waals surface area contributed by atoms with Gasteiger partial charge in [-0.2, -0.15) is 0 Å². The number of carbonyl (C=O) groups excluding carboxylic acids is 1. The van der Waals surface area contributed by atoms with Gasteiger partial charge in [-0.25, -0.2) is 0 Å². The molecular weight excluding hydrogens is 502 g/mol. The molecule has 2 heterocycles. The van der Waals surface area contributed by atoms with Gasteiger partial charge in [-0.3, -0.25) is 9.69 Å². The van der Waals surface area contributed by atoms with E-state index in [4.69, 9.17) is 14.2 Å². The number of rotatable bonds is 10. The molecule has 7 heteroatoms. The monoisotopic (exact) mass is 539 g/mol. The van der Waals surface area contributed by atoms with Crippen LogP contribution in [0, 0.1) is 6.92 Å². The Labute approximate surface area is 236 Å². The van der Waals surface area contributed by atoms with Gasteiger partial charge in [0.1, 0.15) is 0 Å². The van der Waals surface area contributed by atoms with E-state index in [0.29, 0.717) is 5.75 Å². The van der Waals surface area contributed by atoms with Crippen molar-refractivity contribution in [3.63, 3.8) is 0 Å². The topological polar surface area (TPSA) is 72.1 Å². The number of amides is 1. The first kappa shape index (κ1) is 26.4. The number of ether oxygens (including phenoxy) is 3. The normalized spacial score (nSPS) is 17.3. The molecule has 7 nitrogen and oxygen atoms in total. The van der Waals surface area contributed by atoms with Gasteiger partial charge in [0.05, 0.1) is 18.6 Å². The van der Waals surface area contributed by atoms with Crippen molar-refractivity contribution in [1.29, 1.82) is 0 Å². The van der Waals surface area contributed by atoms with E-state index in [2.05, 4.69) is 65.4 Å². The molecule has 3 aromatic carbocycles. The predicted octanol–water partition coefficient (Wildman–Crippen LogP) is 5.34. The second kappa shape index (κ2) is 11.4. The first-order valence-electron chi connectivity index (χ1n) is 14.2. The number of nitrogens with one attached hydrogen (secondary N) is 2. The van der Waals surface area contributed by atoms with Crippen LogP contribution in [0.5, 0.6) is 11.5 Å². The quantitative estimate of drug-likeness (QED) is 0.339. The summed E-state index contributed by atoms with van der Waals surface area (Å²) in [5, 5.41) is 6.66. The Hall–Kier alpha value is -3.81.